The SMILES string of the molecule is O=C(O)C(F)(F)c1cc2c(s1)CCCC2. The number of aryl methyl sites for hydroxylation is 2. The van der Waals surface area contributed by atoms with Gasteiger partial charge in [0.1, 0.15) is 0 Å². The van der Waals surface area contributed by atoms with E-state index in [-0.39, 0.29) is 4.88 Å². The molecule has 0 unspecified atom stereocenters. The second kappa shape index (κ2) is 3.56. The molecule has 2 rings (SSSR count). The number of carbonyl (C=O) groups is 1. The predicted octanol–water partition coefficient (Wildman–Crippen LogP) is 2.80. The summed E-state index contributed by atoms with van der Waals surface area (Å²) in [5.41, 5.74) is 0.905. The number of hydrogen-bond donors (Lipinski definition) is 1. The Balaban J connectivity index is 2.37. The quantitative estimate of drug-likeness (QED) is 0.851. The number of fused-ring (bicyclic) bond motifs is 1. The fourth-order valence-electron chi connectivity index (χ4n) is 1.75. The number of rotatable bonds is 2. The van der Waals surface area contributed by atoms with Crippen molar-refractivity contribution in [2.75, 3.05) is 0 Å². The zero-order valence-corrected chi connectivity index (χ0v) is 8.74. The standard InChI is InChI=1S/C10H10F2O2S/c11-10(12,9(13)14)8-5-6-3-1-2-4-7(6)15-8/h5H,1-4H2,(H,13,14). The highest BCUT2D eigenvalue weighted by atomic mass is 32.1. The van der Waals surface area contributed by atoms with E-state index < -0.39 is 11.9 Å². The van der Waals surface area contributed by atoms with E-state index >= 15 is 0 Å². The molecule has 1 N–H and O–H groups in total. The number of halogens is 2. The van der Waals surface area contributed by atoms with Gasteiger partial charge in [-0.1, -0.05) is 0 Å². The van der Waals surface area contributed by atoms with Crippen molar-refractivity contribution in [1.82, 2.24) is 0 Å². The van der Waals surface area contributed by atoms with Crippen LogP contribution in [0.3, 0.4) is 0 Å². The van der Waals surface area contributed by atoms with Crippen molar-refractivity contribution in [3.8, 4) is 0 Å². The van der Waals surface area contributed by atoms with Crippen LogP contribution in [0.5, 0.6) is 0 Å². The molecule has 1 aliphatic rings. The lowest BCUT2D eigenvalue weighted by atomic mass is 9.99. The molecule has 2 nitrogen and oxygen atoms in total. The number of hydrogen-bond acceptors (Lipinski definition) is 2. The van der Waals surface area contributed by atoms with Gasteiger partial charge in [0.25, 0.3) is 0 Å². The smallest absolute Gasteiger partial charge is 0.380 e. The van der Waals surface area contributed by atoms with E-state index in [0.29, 0.717) is 0 Å². The molecule has 82 valence electrons. The molecule has 0 atom stereocenters. The first-order valence-corrected chi connectivity index (χ1v) is 5.56. The molecule has 5 heteroatoms. The van der Waals surface area contributed by atoms with Crippen LogP contribution in [0, 0.1) is 0 Å². The Morgan fingerprint density at radius 2 is 2.07 bits per heavy atom. The first-order valence-electron chi connectivity index (χ1n) is 4.75. The molecule has 1 heterocycles. The monoisotopic (exact) mass is 232 g/mol. The second-order valence-electron chi connectivity index (χ2n) is 3.65. The zero-order valence-electron chi connectivity index (χ0n) is 7.93. The third kappa shape index (κ3) is 1.76. The average molecular weight is 232 g/mol. The Hall–Kier alpha value is -0.970. The van der Waals surface area contributed by atoms with Crippen LogP contribution in [0.4, 0.5) is 8.78 Å². The van der Waals surface area contributed by atoms with Crippen molar-refractivity contribution < 1.29 is 18.7 Å². The fraction of sp³-hybridized carbons (Fsp3) is 0.500. The molecule has 0 aliphatic heterocycles. The molecule has 0 saturated carbocycles. The van der Waals surface area contributed by atoms with Crippen molar-refractivity contribution in [3.05, 3.63) is 21.4 Å². The highest BCUT2D eigenvalue weighted by molar-refractivity contribution is 7.12. The lowest BCUT2D eigenvalue weighted by Crippen LogP contribution is -2.23. The molecule has 0 amide bonds. The van der Waals surface area contributed by atoms with Gasteiger partial charge in [0, 0.05) is 4.88 Å². The summed E-state index contributed by atoms with van der Waals surface area (Å²) in [5, 5.41) is 8.41. The van der Waals surface area contributed by atoms with Gasteiger partial charge in [-0.25, -0.2) is 4.79 Å². The molecule has 15 heavy (non-hydrogen) atoms. The summed E-state index contributed by atoms with van der Waals surface area (Å²) in [5.74, 6) is -5.80. The first-order chi connectivity index (χ1) is 7.01. The molecular weight excluding hydrogens is 222 g/mol. The highest BCUT2D eigenvalue weighted by Crippen LogP contribution is 2.38. The van der Waals surface area contributed by atoms with Crippen LogP contribution >= 0.6 is 11.3 Å². The van der Waals surface area contributed by atoms with E-state index in [2.05, 4.69) is 0 Å². The van der Waals surface area contributed by atoms with Gasteiger partial charge >= 0.3 is 11.9 Å². The Bertz CT molecular complexity index is 375. The molecule has 0 spiro atoms. The van der Waals surface area contributed by atoms with Crippen LogP contribution in [-0.4, -0.2) is 11.1 Å². The van der Waals surface area contributed by atoms with Crippen LogP contribution in [0.2, 0.25) is 0 Å². The van der Waals surface area contributed by atoms with Gasteiger partial charge in [0.15, 0.2) is 0 Å². The van der Waals surface area contributed by atoms with E-state index in [1.54, 1.807) is 0 Å². The number of carboxylic acid groups (broad SMARTS) is 1. The summed E-state index contributed by atoms with van der Waals surface area (Å²) >= 11 is 0.940. The lowest BCUT2D eigenvalue weighted by Gasteiger charge is -2.08. The van der Waals surface area contributed by atoms with Crippen molar-refractivity contribution in [2.45, 2.75) is 31.6 Å². The average Bonchev–Trinajstić information content (AvgIpc) is 2.61. The fourth-order valence-corrected chi connectivity index (χ4v) is 2.97. The van der Waals surface area contributed by atoms with Crippen LogP contribution in [-0.2, 0) is 23.6 Å². The van der Waals surface area contributed by atoms with Crippen LogP contribution in [0.25, 0.3) is 0 Å². The van der Waals surface area contributed by atoms with Crippen molar-refractivity contribution in [2.24, 2.45) is 0 Å². The van der Waals surface area contributed by atoms with Gasteiger partial charge in [-0.15, -0.1) is 11.3 Å². The van der Waals surface area contributed by atoms with Gasteiger partial charge < -0.3 is 5.11 Å². The molecule has 1 aromatic heterocycles. The minimum atomic E-state index is -3.73. The Labute approximate surface area is 89.5 Å². The number of alkyl halides is 2. The van der Waals surface area contributed by atoms with Gasteiger partial charge in [0.05, 0.1) is 4.88 Å². The summed E-state index contributed by atoms with van der Waals surface area (Å²) in [6, 6.07) is 1.35. The van der Waals surface area contributed by atoms with Crippen LogP contribution in [0.15, 0.2) is 6.07 Å². The third-order valence-electron chi connectivity index (χ3n) is 2.57. The predicted molar refractivity (Wildman–Crippen MR) is 52.5 cm³/mol. The maximum atomic E-state index is 13.2. The van der Waals surface area contributed by atoms with Gasteiger partial charge in [-0.2, -0.15) is 8.78 Å². The molecule has 1 aliphatic carbocycles. The summed E-state index contributed by atoms with van der Waals surface area (Å²) < 4.78 is 26.4. The van der Waals surface area contributed by atoms with E-state index in [9.17, 15) is 13.6 Å². The Morgan fingerprint density at radius 1 is 1.40 bits per heavy atom. The largest absolute Gasteiger partial charge is 0.477 e. The van der Waals surface area contributed by atoms with E-state index in [1.165, 1.54) is 6.07 Å². The van der Waals surface area contributed by atoms with Crippen LogP contribution in [0.1, 0.15) is 28.2 Å². The summed E-state index contributed by atoms with van der Waals surface area (Å²) in [4.78, 5) is 11.0. The van der Waals surface area contributed by atoms with E-state index in [0.717, 1.165) is 47.5 Å². The lowest BCUT2D eigenvalue weighted by molar-refractivity contribution is -0.165. The third-order valence-corrected chi connectivity index (χ3v) is 3.88. The summed E-state index contributed by atoms with van der Waals surface area (Å²) in [7, 11) is 0. The maximum Gasteiger partial charge on any atom is 0.380 e. The molecule has 1 aromatic rings. The van der Waals surface area contributed by atoms with Crippen molar-refractivity contribution in [1.29, 1.82) is 0 Å². The zero-order chi connectivity index (χ0) is 11.1. The number of carboxylic acids is 1. The van der Waals surface area contributed by atoms with E-state index in [1.807, 2.05) is 0 Å². The summed E-state index contributed by atoms with van der Waals surface area (Å²) in [6.45, 7) is 0. The molecule has 0 radical (unpaired) electrons. The Kier molecular flexibility index (Phi) is 2.50. The van der Waals surface area contributed by atoms with Crippen LogP contribution < -0.4 is 0 Å². The molecule has 0 fully saturated rings. The van der Waals surface area contributed by atoms with Gasteiger partial charge in [-0.05, 0) is 37.3 Å². The maximum absolute atomic E-state index is 13.2. The van der Waals surface area contributed by atoms with Crippen molar-refractivity contribution >= 4 is 17.3 Å². The summed E-state index contributed by atoms with van der Waals surface area (Å²) in [6.07, 6.45) is 3.60. The topological polar surface area (TPSA) is 37.3 Å². The second-order valence-corrected chi connectivity index (χ2v) is 4.78. The van der Waals surface area contributed by atoms with Gasteiger partial charge in [0.2, 0.25) is 0 Å². The molecule has 0 aromatic carbocycles. The van der Waals surface area contributed by atoms with Gasteiger partial charge in [-0.3, -0.25) is 0 Å². The van der Waals surface area contributed by atoms with E-state index in [4.69, 9.17) is 5.11 Å². The number of thiophene rings is 1. The minimum Gasteiger partial charge on any atom is -0.477 e. The normalized spacial score (nSPS) is 16.1. The van der Waals surface area contributed by atoms with Crippen molar-refractivity contribution in [3.63, 3.8) is 0 Å². The number of aliphatic carboxylic acids is 1. The Morgan fingerprint density at radius 3 is 2.67 bits per heavy atom. The first kappa shape index (κ1) is 10.5. The highest BCUT2D eigenvalue weighted by Gasteiger charge is 2.43. The molecule has 0 bridgehead atoms. The minimum absolute atomic E-state index is 0.332. The molecule has 0 saturated heterocycles. The molecular formula is C10H10F2O2S.